The van der Waals surface area contributed by atoms with Crippen molar-refractivity contribution < 1.29 is 9.53 Å². The Balaban J connectivity index is 2.30. The molecule has 1 aromatic heterocycles. The van der Waals surface area contributed by atoms with E-state index >= 15 is 0 Å². The lowest BCUT2D eigenvalue weighted by atomic mass is 9.90. The number of hydrogen-bond donors (Lipinski definition) is 1. The van der Waals surface area contributed by atoms with Gasteiger partial charge in [0.2, 0.25) is 5.91 Å². The summed E-state index contributed by atoms with van der Waals surface area (Å²) in [5.41, 5.74) is 7.49. The fourth-order valence-corrected chi connectivity index (χ4v) is 3.74. The van der Waals surface area contributed by atoms with Crippen LogP contribution in [0.5, 0.6) is 0 Å². The van der Waals surface area contributed by atoms with Crippen molar-refractivity contribution in [2.75, 3.05) is 20.3 Å². The number of nitrogens with two attached hydrogens (primary N) is 1. The Hall–Kier alpha value is -0.910. The minimum Gasteiger partial charge on any atom is -0.383 e. The number of piperidine rings is 1. The molecule has 2 unspecified atom stereocenters. The molecule has 1 amide bonds. The van der Waals surface area contributed by atoms with E-state index in [4.69, 9.17) is 10.5 Å². The number of likely N-dealkylation sites (tertiary alicyclic amines) is 1. The molecule has 4 nitrogen and oxygen atoms in total. The number of carbonyl (C=O) groups excluding carboxylic acids is 1. The van der Waals surface area contributed by atoms with Crippen molar-refractivity contribution in [2.45, 2.75) is 38.8 Å². The summed E-state index contributed by atoms with van der Waals surface area (Å²) < 4.78 is 5.12. The molecule has 0 spiro atoms. The molecule has 1 aromatic rings. The van der Waals surface area contributed by atoms with E-state index in [1.54, 1.807) is 18.4 Å². The minimum absolute atomic E-state index is 0.00125. The molecule has 106 valence electrons. The van der Waals surface area contributed by atoms with Crippen molar-refractivity contribution in [1.82, 2.24) is 4.90 Å². The Labute approximate surface area is 118 Å². The van der Waals surface area contributed by atoms with E-state index in [1.807, 2.05) is 4.90 Å². The van der Waals surface area contributed by atoms with Crippen LogP contribution in [-0.2, 0) is 9.53 Å². The maximum Gasteiger partial charge on any atom is 0.223 e. The van der Waals surface area contributed by atoms with Crippen LogP contribution in [0.2, 0.25) is 0 Å². The summed E-state index contributed by atoms with van der Waals surface area (Å²) in [4.78, 5) is 16.6. The van der Waals surface area contributed by atoms with E-state index in [1.165, 1.54) is 15.3 Å². The van der Waals surface area contributed by atoms with Crippen molar-refractivity contribution in [2.24, 2.45) is 5.73 Å². The highest BCUT2D eigenvalue weighted by Gasteiger charge is 2.35. The first-order valence-corrected chi connectivity index (χ1v) is 7.47. The molecule has 0 aromatic carbocycles. The zero-order chi connectivity index (χ0) is 14.0. The summed E-state index contributed by atoms with van der Waals surface area (Å²) in [6.07, 6.45) is 1.31. The normalized spacial score (nSPS) is 24.0. The Bertz CT molecular complexity index is 458. The largest absolute Gasteiger partial charge is 0.383 e. The molecular formula is C14H22N2O2S. The summed E-state index contributed by atoms with van der Waals surface area (Å²) in [5.74, 6) is 0.187. The van der Waals surface area contributed by atoms with Crippen LogP contribution in [0.25, 0.3) is 0 Å². The monoisotopic (exact) mass is 282 g/mol. The Morgan fingerprint density at radius 2 is 2.26 bits per heavy atom. The van der Waals surface area contributed by atoms with Crippen LogP contribution in [0.15, 0.2) is 6.07 Å². The number of amides is 1. The van der Waals surface area contributed by atoms with Crippen molar-refractivity contribution in [3.8, 4) is 0 Å². The van der Waals surface area contributed by atoms with Crippen molar-refractivity contribution >= 4 is 17.2 Å². The highest BCUT2D eigenvalue weighted by Crippen LogP contribution is 2.35. The second-order valence-electron chi connectivity index (χ2n) is 5.10. The van der Waals surface area contributed by atoms with Crippen molar-refractivity contribution in [3.05, 3.63) is 21.4 Å². The Morgan fingerprint density at radius 1 is 1.53 bits per heavy atom. The molecule has 5 heteroatoms. The van der Waals surface area contributed by atoms with Crippen molar-refractivity contribution in [1.29, 1.82) is 0 Å². The van der Waals surface area contributed by atoms with Gasteiger partial charge in [-0.1, -0.05) is 0 Å². The smallest absolute Gasteiger partial charge is 0.223 e. The predicted molar refractivity (Wildman–Crippen MR) is 77.3 cm³/mol. The van der Waals surface area contributed by atoms with Gasteiger partial charge in [0, 0.05) is 35.9 Å². The van der Waals surface area contributed by atoms with Crippen molar-refractivity contribution in [3.63, 3.8) is 0 Å². The number of methoxy groups -OCH3 is 1. The first-order chi connectivity index (χ1) is 9.04. The van der Waals surface area contributed by atoms with Crippen LogP contribution in [-0.4, -0.2) is 37.1 Å². The first-order valence-electron chi connectivity index (χ1n) is 6.65. The van der Waals surface area contributed by atoms with Crippen LogP contribution in [0.4, 0.5) is 0 Å². The number of aryl methyl sites for hydroxylation is 2. The third kappa shape index (κ3) is 2.99. The lowest BCUT2D eigenvalue weighted by molar-refractivity contribution is -0.138. The van der Waals surface area contributed by atoms with E-state index in [-0.39, 0.29) is 18.0 Å². The van der Waals surface area contributed by atoms with Crippen LogP contribution >= 0.6 is 11.3 Å². The molecule has 2 rings (SSSR count). The number of hydrogen-bond acceptors (Lipinski definition) is 4. The number of rotatable bonds is 4. The lowest BCUT2D eigenvalue weighted by Gasteiger charge is -2.39. The SMILES string of the molecule is COCCN1C(=O)CCC(N)C1c1cc(C)sc1C. The summed E-state index contributed by atoms with van der Waals surface area (Å²) in [6.45, 7) is 5.36. The van der Waals surface area contributed by atoms with E-state index in [9.17, 15) is 4.79 Å². The van der Waals surface area contributed by atoms with Crippen LogP contribution < -0.4 is 5.73 Å². The molecule has 0 aliphatic carbocycles. The highest BCUT2D eigenvalue weighted by molar-refractivity contribution is 7.12. The van der Waals surface area contributed by atoms with E-state index in [2.05, 4.69) is 19.9 Å². The number of nitrogens with zero attached hydrogens (tertiary/aromatic N) is 1. The van der Waals surface area contributed by atoms with Gasteiger partial charge in [-0.05, 0) is 31.9 Å². The molecule has 1 aliphatic heterocycles. The molecule has 0 saturated carbocycles. The minimum atomic E-state index is 0.00125. The highest BCUT2D eigenvalue weighted by atomic mass is 32.1. The Morgan fingerprint density at radius 3 is 2.84 bits per heavy atom. The third-order valence-electron chi connectivity index (χ3n) is 3.69. The number of carbonyl (C=O) groups is 1. The van der Waals surface area contributed by atoms with Gasteiger partial charge in [0.25, 0.3) is 0 Å². The fraction of sp³-hybridized carbons (Fsp3) is 0.643. The summed E-state index contributed by atoms with van der Waals surface area (Å²) in [5, 5.41) is 0. The lowest BCUT2D eigenvalue weighted by Crippen LogP contribution is -2.49. The fourth-order valence-electron chi connectivity index (χ4n) is 2.77. The van der Waals surface area contributed by atoms with Gasteiger partial charge in [-0.3, -0.25) is 4.79 Å². The van der Waals surface area contributed by atoms with E-state index in [0.717, 1.165) is 6.42 Å². The van der Waals surface area contributed by atoms with Gasteiger partial charge in [0.15, 0.2) is 0 Å². The zero-order valence-corrected chi connectivity index (χ0v) is 12.6. The molecule has 2 N–H and O–H groups in total. The average molecular weight is 282 g/mol. The molecule has 2 heterocycles. The second kappa shape index (κ2) is 6.03. The van der Waals surface area contributed by atoms with E-state index in [0.29, 0.717) is 19.6 Å². The zero-order valence-electron chi connectivity index (χ0n) is 11.8. The average Bonchev–Trinajstić information content (AvgIpc) is 2.69. The summed E-state index contributed by atoms with van der Waals surface area (Å²) in [7, 11) is 1.66. The molecule has 0 bridgehead atoms. The van der Waals surface area contributed by atoms with E-state index < -0.39 is 0 Å². The van der Waals surface area contributed by atoms with Gasteiger partial charge < -0.3 is 15.4 Å². The maximum absolute atomic E-state index is 12.2. The predicted octanol–water partition coefficient (Wildman–Crippen LogP) is 2.00. The molecule has 1 fully saturated rings. The van der Waals surface area contributed by atoms with Gasteiger partial charge in [-0.2, -0.15) is 0 Å². The number of thiophene rings is 1. The molecule has 1 aliphatic rings. The van der Waals surface area contributed by atoms with Gasteiger partial charge in [-0.25, -0.2) is 0 Å². The van der Waals surface area contributed by atoms with Crippen LogP contribution in [0.3, 0.4) is 0 Å². The molecule has 1 saturated heterocycles. The van der Waals surface area contributed by atoms with Gasteiger partial charge >= 0.3 is 0 Å². The summed E-state index contributed by atoms with van der Waals surface area (Å²) >= 11 is 1.77. The third-order valence-corrected chi connectivity index (χ3v) is 4.67. The summed E-state index contributed by atoms with van der Waals surface area (Å²) in [6, 6.07) is 2.19. The molecule has 19 heavy (non-hydrogen) atoms. The topological polar surface area (TPSA) is 55.6 Å². The van der Waals surface area contributed by atoms with Gasteiger partial charge in [0.1, 0.15) is 0 Å². The number of ether oxygens (including phenoxy) is 1. The quantitative estimate of drug-likeness (QED) is 0.919. The van der Waals surface area contributed by atoms with Crippen LogP contribution in [0, 0.1) is 13.8 Å². The molecule has 2 atom stereocenters. The molecule has 0 radical (unpaired) electrons. The van der Waals surface area contributed by atoms with Crippen LogP contribution in [0.1, 0.15) is 34.2 Å². The van der Waals surface area contributed by atoms with Gasteiger partial charge in [0.05, 0.1) is 12.6 Å². The second-order valence-corrected chi connectivity index (χ2v) is 6.56. The Kier molecular flexibility index (Phi) is 4.60. The maximum atomic E-state index is 12.2. The first kappa shape index (κ1) is 14.5. The molecular weight excluding hydrogens is 260 g/mol. The van der Waals surface area contributed by atoms with Gasteiger partial charge in [-0.15, -0.1) is 11.3 Å². The standard InChI is InChI=1S/C14H22N2O2S/c1-9-8-11(10(2)19-9)14-12(15)4-5-13(17)16(14)6-7-18-3/h8,12,14H,4-7,15H2,1-3H3.